The molecule has 0 aliphatic carbocycles. The summed E-state index contributed by atoms with van der Waals surface area (Å²) >= 11 is 0. The molecule has 0 bridgehead atoms. The first kappa shape index (κ1) is 18.4. The van der Waals surface area contributed by atoms with Crippen LogP contribution in [0.2, 0.25) is 0 Å². The molecule has 4 rings (SSSR count). The third-order valence-corrected chi connectivity index (χ3v) is 5.22. The lowest BCUT2D eigenvalue weighted by Crippen LogP contribution is -2.46. The van der Waals surface area contributed by atoms with Crippen molar-refractivity contribution in [1.82, 2.24) is 4.90 Å². The highest BCUT2D eigenvalue weighted by Gasteiger charge is 2.19. The van der Waals surface area contributed by atoms with Gasteiger partial charge in [-0.3, -0.25) is 4.90 Å². The predicted molar refractivity (Wildman–Crippen MR) is 110 cm³/mol. The maximum atomic E-state index is 12.0. The number of methoxy groups -OCH3 is 2. The van der Waals surface area contributed by atoms with Gasteiger partial charge in [0.15, 0.2) is 0 Å². The molecule has 0 saturated carbocycles. The normalized spacial score (nSPS) is 15.0. The van der Waals surface area contributed by atoms with Gasteiger partial charge in [0, 0.05) is 62.0 Å². The molecule has 0 N–H and O–H groups in total. The number of ether oxygens (including phenoxy) is 2. The number of anilines is 1. The molecule has 0 radical (unpaired) electrons. The number of benzene rings is 2. The largest absolute Gasteiger partial charge is 0.497 e. The van der Waals surface area contributed by atoms with Crippen LogP contribution in [-0.2, 0) is 6.54 Å². The molecule has 6 nitrogen and oxygen atoms in total. The lowest BCUT2D eigenvalue weighted by molar-refractivity contribution is 0.250. The van der Waals surface area contributed by atoms with Crippen LogP contribution in [0.3, 0.4) is 0 Å². The summed E-state index contributed by atoms with van der Waals surface area (Å²) in [6, 6.07) is 15.4. The van der Waals surface area contributed by atoms with Crippen LogP contribution in [0.15, 0.2) is 57.7 Å². The number of rotatable bonds is 5. The van der Waals surface area contributed by atoms with Crippen molar-refractivity contribution in [2.24, 2.45) is 0 Å². The highest BCUT2D eigenvalue weighted by molar-refractivity contribution is 5.81. The lowest BCUT2D eigenvalue weighted by atomic mass is 10.1. The summed E-state index contributed by atoms with van der Waals surface area (Å²) in [7, 11) is 3.29. The SMILES string of the molecule is COc1cccc(N2CCN(Cc3cc(=O)oc4cc(OC)ccc34)CC2)c1. The standard InChI is InChI=1S/C22H24N2O4/c1-26-18-5-3-4-17(13-18)24-10-8-23(9-11-24)15-16-12-22(25)28-21-14-19(27-2)6-7-20(16)21/h3-7,12-14H,8-11,15H2,1-2H3. The Balaban J connectivity index is 1.48. The van der Waals surface area contributed by atoms with Gasteiger partial charge in [0.2, 0.25) is 0 Å². The van der Waals surface area contributed by atoms with Crippen molar-refractivity contribution in [3.63, 3.8) is 0 Å². The number of hydrogen-bond donors (Lipinski definition) is 0. The fourth-order valence-corrected chi connectivity index (χ4v) is 3.68. The van der Waals surface area contributed by atoms with Crippen molar-refractivity contribution in [3.05, 3.63) is 64.5 Å². The van der Waals surface area contributed by atoms with E-state index in [9.17, 15) is 4.79 Å². The second-order valence-corrected chi connectivity index (χ2v) is 6.92. The Bertz CT molecular complexity index is 1020. The van der Waals surface area contributed by atoms with E-state index < -0.39 is 0 Å². The molecule has 0 spiro atoms. The fourth-order valence-electron chi connectivity index (χ4n) is 3.68. The quantitative estimate of drug-likeness (QED) is 0.634. The van der Waals surface area contributed by atoms with Gasteiger partial charge < -0.3 is 18.8 Å². The predicted octanol–water partition coefficient (Wildman–Crippen LogP) is 3.13. The summed E-state index contributed by atoms with van der Waals surface area (Å²) in [6.07, 6.45) is 0. The molecule has 2 aromatic carbocycles. The molecule has 1 saturated heterocycles. The van der Waals surface area contributed by atoms with Gasteiger partial charge in [-0.15, -0.1) is 0 Å². The Labute approximate surface area is 163 Å². The first-order chi connectivity index (χ1) is 13.7. The van der Waals surface area contributed by atoms with E-state index in [-0.39, 0.29) is 5.63 Å². The Morgan fingerprint density at radius 3 is 2.43 bits per heavy atom. The van der Waals surface area contributed by atoms with Gasteiger partial charge in [-0.2, -0.15) is 0 Å². The molecule has 1 aliphatic rings. The molecule has 0 amide bonds. The van der Waals surface area contributed by atoms with E-state index in [2.05, 4.69) is 21.9 Å². The molecule has 2 heterocycles. The van der Waals surface area contributed by atoms with Crippen LogP contribution >= 0.6 is 0 Å². The first-order valence-corrected chi connectivity index (χ1v) is 9.38. The Morgan fingerprint density at radius 2 is 1.68 bits per heavy atom. The van der Waals surface area contributed by atoms with E-state index in [0.717, 1.165) is 49.4 Å². The minimum absolute atomic E-state index is 0.328. The van der Waals surface area contributed by atoms with E-state index in [1.807, 2.05) is 24.3 Å². The van der Waals surface area contributed by atoms with E-state index in [4.69, 9.17) is 13.9 Å². The maximum Gasteiger partial charge on any atom is 0.336 e. The second-order valence-electron chi connectivity index (χ2n) is 6.92. The zero-order valence-electron chi connectivity index (χ0n) is 16.2. The Morgan fingerprint density at radius 1 is 0.929 bits per heavy atom. The summed E-state index contributed by atoms with van der Waals surface area (Å²) in [5, 5.41) is 0.954. The minimum Gasteiger partial charge on any atom is -0.497 e. The smallest absolute Gasteiger partial charge is 0.336 e. The number of piperazine rings is 1. The van der Waals surface area contributed by atoms with Crippen LogP contribution in [0.25, 0.3) is 11.0 Å². The highest BCUT2D eigenvalue weighted by Crippen LogP contribution is 2.25. The van der Waals surface area contributed by atoms with Crippen LogP contribution in [0.5, 0.6) is 11.5 Å². The fraction of sp³-hybridized carbons (Fsp3) is 0.318. The van der Waals surface area contributed by atoms with E-state index >= 15 is 0 Å². The molecule has 0 atom stereocenters. The first-order valence-electron chi connectivity index (χ1n) is 9.38. The molecule has 1 aromatic heterocycles. The monoisotopic (exact) mass is 380 g/mol. The van der Waals surface area contributed by atoms with Crippen molar-refractivity contribution in [2.45, 2.75) is 6.54 Å². The summed E-state index contributed by atoms with van der Waals surface area (Å²) < 4.78 is 15.9. The van der Waals surface area contributed by atoms with Crippen molar-refractivity contribution < 1.29 is 13.9 Å². The van der Waals surface area contributed by atoms with Gasteiger partial charge in [-0.1, -0.05) is 6.07 Å². The van der Waals surface area contributed by atoms with Gasteiger partial charge in [0.25, 0.3) is 0 Å². The van der Waals surface area contributed by atoms with Gasteiger partial charge in [-0.05, 0) is 29.8 Å². The Hall–Kier alpha value is -2.99. The molecule has 1 fully saturated rings. The van der Waals surface area contributed by atoms with Crippen LogP contribution in [0.4, 0.5) is 5.69 Å². The number of nitrogens with zero attached hydrogens (tertiary/aromatic N) is 2. The summed E-state index contributed by atoms with van der Waals surface area (Å²) in [6.45, 7) is 4.44. The number of hydrogen-bond acceptors (Lipinski definition) is 6. The summed E-state index contributed by atoms with van der Waals surface area (Å²) in [5.41, 5.74) is 2.41. The molecule has 3 aromatic rings. The van der Waals surface area contributed by atoms with Gasteiger partial charge in [-0.25, -0.2) is 4.79 Å². The average molecular weight is 380 g/mol. The average Bonchev–Trinajstić information content (AvgIpc) is 2.73. The van der Waals surface area contributed by atoms with Crippen LogP contribution in [0, 0.1) is 0 Å². The molecular weight excluding hydrogens is 356 g/mol. The van der Waals surface area contributed by atoms with E-state index in [0.29, 0.717) is 11.3 Å². The summed E-state index contributed by atoms with van der Waals surface area (Å²) in [4.78, 5) is 16.7. The zero-order valence-corrected chi connectivity index (χ0v) is 16.2. The lowest BCUT2D eigenvalue weighted by Gasteiger charge is -2.36. The van der Waals surface area contributed by atoms with Crippen LogP contribution in [0.1, 0.15) is 5.56 Å². The van der Waals surface area contributed by atoms with Crippen molar-refractivity contribution >= 4 is 16.7 Å². The third kappa shape index (κ3) is 3.82. The topological polar surface area (TPSA) is 55.2 Å². The van der Waals surface area contributed by atoms with Crippen molar-refractivity contribution in [3.8, 4) is 11.5 Å². The third-order valence-electron chi connectivity index (χ3n) is 5.22. The minimum atomic E-state index is -0.328. The van der Waals surface area contributed by atoms with Crippen molar-refractivity contribution in [2.75, 3.05) is 45.3 Å². The molecule has 146 valence electrons. The maximum absolute atomic E-state index is 12.0. The van der Waals surface area contributed by atoms with Crippen LogP contribution < -0.4 is 20.0 Å². The molecular formula is C22H24N2O4. The van der Waals surface area contributed by atoms with E-state index in [1.54, 1.807) is 26.4 Å². The van der Waals surface area contributed by atoms with E-state index in [1.165, 1.54) is 5.69 Å². The molecule has 1 aliphatic heterocycles. The van der Waals surface area contributed by atoms with Gasteiger partial charge in [0.05, 0.1) is 14.2 Å². The molecule has 0 unspecified atom stereocenters. The molecule has 6 heteroatoms. The zero-order chi connectivity index (χ0) is 19.5. The van der Waals surface area contributed by atoms with Crippen LogP contribution in [-0.4, -0.2) is 45.3 Å². The highest BCUT2D eigenvalue weighted by atomic mass is 16.5. The second kappa shape index (κ2) is 7.94. The summed E-state index contributed by atoms with van der Waals surface area (Å²) in [5.74, 6) is 1.55. The Kier molecular flexibility index (Phi) is 5.21. The van der Waals surface area contributed by atoms with Crippen molar-refractivity contribution in [1.29, 1.82) is 0 Å². The molecule has 28 heavy (non-hydrogen) atoms. The number of fused-ring (bicyclic) bond motifs is 1. The van der Waals surface area contributed by atoms with Gasteiger partial charge in [0.1, 0.15) is 17.1 Å². The van der Waals surface area contributed by atoms with Gasteiger partial charge >= 0.3 is 5.63 Å².